The van der Waals surface area contributed by atoms with Gasteiger partial charge in [0.15, 0.2) is 0 Å². The molecular formula is C12H15F3N2. The van der Waals surface area contributed by atoms with Gasteiger partial charge in [0, 0.05) is 19.1 Å². The number of benzene rings is 1. The predicted molar refractivity (Wildman–Crippen MR) is 59.6 cm³/mol. The summed E-state index contributed by atoms with van der Waals surface area (Å²) in [6.07, 6.45) is -4.13. The van der Waals surface area contributed by atoms with Crippen LogP contribution in [-0.2, 0) is 6.54 Å². The first-order valence-electron chi connectivity index (χ1n) is 5.54. The molecule has 0 aromatic heterocycles. The zero-order valence-corrected chi connectivity index (χ0v) is 9.59. The highest BCUT2D eigenvalue weighted by atomic mass is 19.4. The smallest absolute Gasteiger partial charge is 0.312 e. The van der Waals surface area contributed by atoms with Crippen molar-refractivity contribution in [3.8, 4) is 0 Å². The van der Waals surface area contributed by atoms with Crippen LogP contribution in [0.4, 0.5) is 13.2 Å². The molecule has 0 fully saturated rings. The van der Waals surface area contributed by atoms with Gasteiger partial charge in [0.05, 0.1) is 6.54 Å². The summed E-state index contributed by atoms with van der Waals surface area (Å²) in [6, 6.07) is 7.62. The van der Waals surface area contributed by atoms with Crippen LogP contribution >= 0.6 is 0 Å². The van der Waals surface area contributed by atoms with Crippen LogP contribution in [0.15, 0.2) is 24.3 Å². The zero-order valence-electron chi connectivity index (χ0n) is 9.59. The van der Waals surface area contributed by atoms with E-state index in [1.165, 1.54) is 4.90 Å². The minimum atomic E-state index is -4.13. The van der Waals surface area contributed by atoms with Crippen molar-refractivity contribution in [2.45, 2.75) is 18.8 Å². The fourth-order valence-electron chi connectivity index (χ4n) is 2.30. The number of hydrogen-bond acceptors (Lipinski definition) is 2. The third-order valence-corrected chi connectivity index (χ3v) is 3.02. The number of halogens is 3. The van der Waals surface area contributed by atoms with Gasteiger partial charge >= 0.3 is 6.18 Å². The third kappa shape index (κ3) is 2.98. The second-order valence-corrected chi connectivity index (χ2v) is 4.32. The van der Waals surface area contributed by atoms with E-state index >= 15 is 0 Å². The van der Waals surface area contributed by atoms with Crippen molar-refractivity contribution < 1.29 is 13.2 Å². The number of nitrogens with zero attached hydrogens (tertiary/aromatic N) is 1. The Balaban J connectivity index is 2.18. The summed E-state index contributed by atoms with van der Waals surface area (Å²) < 4.78 is 37.2. The van der Waals surface area contributed by atoms with E-state index in [1.807, 2.05) is 24.3 Å². The first-order chi connectivity index (χ1) is 7.99. The van der Waals surface area contributed by atoms with Gasteiger partial charge in [-0.25, -0.2) is 0 Å². The van der Waals surface area contributed by atoms with E-state index in [9.17, 15) is 13.2 Å². The Hall–Kier alpha value is -1.07. The molecule has 0 saturated carbocycles. The number of likely N-dealkylation sites (N-methyl/N-ethyl adjacent to an activating group) is 1. The summed E-state index contributed by atoms with van der Waals surface area (Å²) in [5.41, 5.74) is 2.08. The molecule has 1 heterocycles. The van der Waals surface area contributed by atoms with Crippen molar-refractivity contribution in [1.29, 1.82) is 0 Å². The third-order valence-electron chi connectivity index (χ3n) is 3.02. The summed E-state index contributed by atoms with van der Waals surface area (Å²) >= 11 is 0. The van der Waals surface area contributed by atoms with Gasteiger partial charge < -0.3 is 5.32 Å². The molecule has 0 saturated heterocycles. The first-order valence-corrected chi connectivity index (χ1v) is 5.54. The molecule has 1 aromatic rings. The van der Waals surface area contributed by atoms with Crippen molar-refractivity contribution in [2.24, 2.45) is 0 Å². The molecule has 0 aliphatic carbocycles. The van der Waals surface area contributed by atoms with E-state index in [-0.39, 0.29) is 6.04 Å². The zero-order chi connectivity index (χ0) is 12.5. The summed E-state index contributed by atoms with van der Waals surface area (Å²) in [4.78, 5) is 1.43. The number of hydrogen-bond donors (Lipinski definition) is 1. The molecular weight excluding hydrogens is 229 g/mol. The second-order valence-electron chi connectivity index (χ2n) is 4.32. The van der Waals surface area contributed by atoms with E-state index in [4.69, 9.17) is 0 Å². The fraction of sp³-hybridized carbons (Fsp3) is 0.500. The Morgan fingerprint density at radius 1 is 1.35 bits per heavy atom. The van der Waals surface area contributed by atoms with Gasteiger partial charge in [-0.3, -0.25) is 4.90 Å². The van der Waals surface area contributed by atoms with Crippen molar-refractivity contribution >= 4 is 0 Å². The number of nitrogens with one attached hydrogen (secondary N) is 1. The van der Waals surface area contributed by atoms with Gasteiger partial charge in [0.25, 0.3) is 0 Å². The highest BCUT2D eigenvalue weighted by Crippen LogP contribution is 2.28. The molecule has 2 nitrogen and oxygen atoms in total. The van der Waals surface area contributed by atoms with Crippen LogP contribution in [0, 0.1) is 0 Å². The van der Waals surface area contributed by atoms with Gasteiger partial charge in [0.1, 0.15) is 0 Å². The average molecular weight is 244 g/mol. The molecule has 0 radical (unpaired) electrons. The average Bonchev–Trinajstić information content (AvgIpc) is 2.25. The van der Waals surface area contributed by atoms with E-state index in [1.54, 1.807) is 7.05 Å². The predicted octanol–water partition coefficient (Wildman–Crippen LogP) is 2.33. The van der Waals surface area contributed by atoms with Crippen molar-refractivity contribution in [3.63, 3.8) is 0 Å². The maximum absolute atomic E-state index is 12.4. The molecule has 2 rings (SSSR count). The highest BCUT2D eigenvalue weighted by molar-refractivity contribution is 5.32. The summed E-state index contributed by atoms with van der Waals surface area (Å²) in [5.74, 6) is 0. The van der Waals surface area contributed by atoms with Crippen LogP contribution in [-0.4, -0.2) is 31.2 Å². The van der Waals surface area contributed by atoms with Gasteiger partial charge in [-0.05, 0) is 18.2 Å². The van der Waals surface area contributed by atoms with Gasteiger partial charge in [-0.1, -0.05) is 24.3 Å². The standard InChI is InChI=1S/C12H15F3N2/c1-16-11-7-17(8-12(13,14)15)6-9-4-2-3-5-10(9)11/h2-5,11,16H,6-8H2,1H3. The quantitative estimate of drug-likeness (QED) is 0.859. The largest absolute Gasteiger partial charge is 0.401 e. The van der Waals surface area contributed by atoms with Crippen LogP contribution in [0.1, 0.15) is 17.2 Å². The SMILES string of the molecule is CNC1CN(CC(F)(F)F)Cc2ccccc21. The minimum absolute atomic E-state index is 0.0256. The van der Waals surface area contributed by atoms with Crippen LogP contribution in [0.25, 0.3) is 0 Å². The van der Waals surface area contributed by atoms with Gasteiger partial charge in [-0.2, -0.15) is 13.2 Å². The Kier molecular flexibility index (Phi) is 3.40. The summed E-state index contributed by atoms with van der Waals surface area (Å²) in [7, 11) is 1.78. The van der Waals surface area contributed by atoms with Crippen molar-refractivity contribution in [2.75, 3.05) is 20.1 Å². The molecule has 1 aliphatic rings. The monoisotopic (exact) mass is 244 g/mol. The number of fused-ring (bicyclic) bond motifs is 1. The second kappa shape index (κ2) is 4.66. The van der Waals surface area contributed by atoms with E-state index in [0.29, 0.717) is 13.1 Å². The Labute approximate surface area is 98.4 Å². The number of alkyl halides is 3. The molecule has 94 valence electrons. The molecule has 1 aliphatic heterocycles. The Morgan fingerprint density at radius 2 is 2.06 bits per heavy atom. The van der Waals surface area contributed by atoms with Crippen molar-refractivity contribution in [3.05, 3.63) is 35.4 Å². The molecule has 0 spiro atoms. The van der Waals surface area contributed by atoms with E-state index < -0.39 is 12.7 Å². The topological polar surface area (TPSA) is 15.3 Å². The molecule has 1 atom stereocenters. The van der Waals surface area contributed by atoms with Crippen LogP contribution in [0.2, 0.25) is 0 Å². The normalized spacial score (nSPS) is 21.3. The van der Waals surface area contributed by atoms with Gasteiger partial charge in [0.2, 0.25) is 0 Å². The lowest BCUT2D eigenvalue weighted by atomic mass is 9.95. The fourth-order valence-corrected chi connectivity index (χ4v) is 2.30. The first kappa shape index (κ1) is 12.4. The Bertz CT molecular complexity index is 390. The molecule has 0 bridgehead atoms. The van der Waals surface area contributed by atoms with Crippen LogP contribution in [0.5, 0.6) is 0 Å². The van der Waals surface area contributed by atoms with E-state index in [2.05, 4.69) is 5.32 Å². The maximum Gasteiger partial charge on any atom is 0.401 e. The Morgan fingerprint density at radius 3 is 2.71 bits per heavy atom. The minimum Gasteiger partial charge on any atom is -0.312 e. The highest BCUT2D eigenvalue weighted by Gasteiger charge is 2.34. The molecule has 17 heavy (non-hydrogen) atoms. The summed E-state index contributed by atoms with van der Waals surface area (Å²) in [6.45, 7) is -0.0829. The lowest BCUT2D eigenvalue weighted by Gasteiger charge is -2.34. The number of rotatable bonds is 2. The maximum atomic E-state index is 12.4. The lowest BCUT2D eigenvalue weighted by molar-refractivity contribution is -0.148. The lowest BCUT2D eigenvalue weighted by Crippen LogP contribution is -2.42. The molecule has 1 N–H and O–H groups in total. The molecule has 5 heteroatoms. The van der Waals surface area contributed by atoms with E-state index in [0.717, 1.165) is 11.1 Å². The molecule has 1 aromatic carbocycles. The van der Waals surface area contributed by atoms with Crippen LogP contribution in [0.3, 0.4) is 0 Å². The van der Waals surface area contributed by atoms with Gasteiger partial charge in [-0.15, -0.1) is 0 Å². The summed E-state index contributed by atoms with van der Waals surface area (Å²) in [5, 5.41) is 3.07. The van der Waals surface area contributed by atoms with Crippen molar-refractivity contribution in [1.82, 2.24) is 10.2 Å². The van der Waals surface area contributed by atoms with Crippen LogP contribution < -0.4 is 5.32 Å². The molecule has 1 unspecified atom stereocenters. The molecule has 0 amide bonds.